The smallest absolute Gasteiger partial charge is 0.335 e. The van der Waals surface area contributed by atoms with Crippen LogP contribution in [-0.4, -0.2) is 36.9 Å². The van der Waals surface area contributed by atoms with E-state index < -0.39 is 16.0 Å². The van der Waals surface area contributed by atoms with Crippen LogP contribution in [0.15, 0.2) is 29.2 Å². The Labute approximate surface area is 119 Å². The second-order valence-electron chi connectivity index (χ2n) is 5.15. The minimum Gasteiger partial charge on any atom is -0.478 e. The third-order valence-electron chi connectivity index (χ3n) is 3.85. The molecule has 110 valence electrons. The first kappa shape index (κ1) is 15.0. The van der Waals surface area contributed by atoms with Gasteiger partial charge in [0.1, 0.15) is 0 Å². The lowest BCUT2D eigenvalue weighted by atomic mass is 9.96. The highest BCUT2D eigenvalue weighted by Crippen LogP contribution is 2.26. The average molecular weight is 297 g/mol. The summed E-state index contributed by atoms with van der Waals surface area (Å²) in [6.45, 7) is 0. The third kappa shape index (κ3) is 3.02. The molecular formula is C14H19NO4S. The van der Waals surface area contributed by atoms with Crippen molar-refractivity contribution in [2.45, 2.75) is 43.0 Å². The number of benzene rings is 1. The molecule has 5 nitrogen and oxygen atoms in total. The lowest BCUT2D eigenvalue weighted by Gasteiger charge is -2.30. The summed E-state index contributed by atoms with van der Waals surface area (Å²) in [6, 6.07) is 5.53. The molecule has 0 unspecified atom stereocenters. The van der Waals surface area contributed by atoms with Crippen LogP contribution in [0.3, 0.4) is 0 Å². The van der Waals surface area contributed by atoms with E-state index in [4.69, 9.17) is 5.11 Å². The summed E-state index contributed by atoms with van der Waals surface area (Å²) >= 11 is 0. The fourth-order valence-corrected chi connectivity index (χ4v) is 4.06. The predicted molar refractivity (Wildman–Crippen MR) is 75.2 cm³/mol. The van der Waals surface area contributed by atoms with Crippen LogP contribution >= 0.6 is 0 Å². The zero-order valence-corrected chi connectivity index (χ0v) is 12.3. The van der Waals surface area contributed by atoms with Gasteiger partial charge in [-0.1, -0.05) is 25.3 Å². The topological polar surface area (TPSA) is 74.7 Å². The van der Waals surface area contributed by atoms with Crippen molar-refractivity contribution in [3.8, 4) is 0 Å². The normalized spacial score (nSPS) is 17.3. The van der Waals surface area contributed by atoms with Gasteiger partial charge in [0.2, 0.25) is 10.0 Å². The average Bonchev–Trinajstić information content (AvgIpc) is 2.47. The van der Waals surface area contributed by atoms with Crippen LogP contribution in [0, 0.1) is 0 Å². The molecule has 2 rings (SSSR count). The van der Waals surface area contributed by atoms with Gasteiger partial charge in [-0.15, -0.1) is 0 Å². The Hall–Kier alpha value is -1.40. The molecule has 6 heteroatoms. The monoisotopic (exact) mass is 297 g/mol. The van der Waals surface area contributed by atoms with Gasteiger partial charge in [-0.2, -0.15) is 4.31 Å². The van der Waals surface area contributed by atoms with Gasteiger partial charge < -0.3 is 5.11 Å². The van der Waals surface area contributed by atoms with Gasteiger partial charge >= 0.3 is 5.97 Å². The van der Waals surface area contributed by atoms with Gasteiger partial charge in [0, 0.05) is 13.1 Å². The van der Waals surface area contributed by atoms with Crippen LogP contribution in [0.2, 0.25) is 0 Å². The number of aromatic carboxylic acids is 1. The lowest BCUT2D eigenvalue weighted by Crippen LogP contribution is -2.38. The van der Waals surface area contributed by atoms with Crippen molar-refractivity contribution in [2.24, 2.45) is 0 Å². The van der Waals surface area contributed by atoms with Gasteiger partial charge in [-0.05, 0) is 31.0 Å². The molecule has 0 heterocycles. The van der Waals surface area contributed by atoms with Crippen LogP contribution in [0.25, 0.3) is 0 Å². The Morgan fingerprint density at radius 2 is 1.90 bits per heavy atom. The number of rotatable bonds is 4. The molecule has 0 bridgehead atoms. The Morgan fingerprint density at radius 3 is 2.50 bits per heavy atom. The van der Waals surface area contributed by atoms with Gasteiger partial charge in [0.25, 0.3) is 0 Å². The van der Waals surface area contributed by atoms with Crippen molar-refractivity contribution in [3.05, 3.63) is 29.8 Å². The van der Waals surface area contributed by atoms with Crippen molar-refractivity contribution in [1.82, 2.24) is 4.31 Å². The van der Waals surface area contributed by atoms with Crippen LogP contribution in [0.5, 0.6) is 0 Å². The predicted octanol–water partition coefficient (Wildman–Crippen LogP) is 2.34. The molecule has 1 aromatic carbocycles. The lowest BCUT2D eigenvalue weighted by molar-refractivity contribution is 0.0696. The number of carboxylic acid groups (broad SMARTS) is 1. The molecule has 0 spiro atoms. The Morgan fingerprint density at radius 1 is 1.25 bits per heavy atom. The molecule has 1 aliphatic carbocycles. The summed E-state index contributed by atoms with van der Waals surface area (Å²) in [5, 5.41) is 8.95. The first-order valence-corrected chi connectivity index (χ1v) is 8.18. The minimum atomic E-state index is -3.62. The molecule has 0 saturated heterocycles. The Kier molecular flexibility index (Phi) is 4.45. The molecule has 20 heavy (non-hydrogen) atoms. The maximum Gasteiger partial charge on any atom is 0.335 e. The summed E-state index contributed by atoms with van der Waals surface area (Å²) in [4.78, 5) is 11.0. The highest BCUT2D eigenvalue weighted by atomic mass is 32.2. The first-order valence-electron chi connectivity index (χ1n) is 6.74. The number of carboxylic acids is 1. The summed E-state index contributed by atoms with van der Waals surface area (Å²) in [7, 11) is -2.04. The van der Waals surface area contributed by atoms with E-state index in [2.05, 4.69) is 0 Å². The van der Waals surface area contributed by atoms with E-state index >= 15 is 0 Å². The molecule has 0 atom stereocenters. The molecule has 0 aromatic heterocycles. The van der Waals surface area contributed by atoms with Gasteiger partial charge in [0.05, 0.1) is 10.5 Å². The molecule has 1 fully saturated rings. The molecule has 1 saturated carbocycles. The molecule has 1 aromatic rings. The highest BCUT2D eigenvalue weighted by Gasteiger charge is 2.29. The van der Waals surface area contributed by atoms with Gasteiger partial charge in [-0.3, -0.25) is 0 Å². The van der Waals surface area contributed by atoms with E-state index in [1.54, 1.807) is 7.05 Å². The second kappa shape index (κ2) is 5.93. The molecule has 1 aliphatic rings. The summed E-state index contributed by atoms with van der Waals surface area (Å²) in [5.41, 5.74) is -0.0110. The third-order valence-corrected chi connectivity index (χ3v) is 5.75. The number of hydrogen-bond donors (Lipinski definition) is 1. The summed E-state index contributed by atoms with van der Waals surface area (Å²) in [6.07, 6.45) is 4.97. The van der Waals surface area contributed by atoms with Crippen molar-refractivity contribution in [3.63, 3.8) is 0 Å². The molecule has 0 aliphatic heterocycles. The van der Waals surface area contributed by atoms with Crippen molar-refractivity contribution in [1.29, 1.82) is 0 Å². The standard InChI is InChI=1S/C14H19NO4S/c1-15(12-7-3-2-4-8-12)20(18,19)13-9-5-6-11(10-13)14(16)17/h5-6,9-10,12H,2-4,7-8H2,1H3,(H,16,17). The fraction of sp³-hybridized carbons (Fsp3) is 0.500. The van der Waals surface area contributed by atoms with Gasteiger partial charge in [0.15, 0.2) is 0 Å². The highest BCUT2D eigenvalue weighted by molar-refractivity contribution is 7.89. The van der Waals surface area contributed by atoms with E-state index in [0.717, 1.165) is 32.1 Å². The largest absolute Gasteiger partial charge is 0.478 e. The number of carbonyl (C=O) groups is 1. The zero-order chi connectivity index (χ0) is 14.8. The van der Waals surface area contributed by atoms with E-state index in [1.165, 1.54) is 28.6 Å². The SMILES string of the molecule is CN(C1CCCCC1)S(=O)(=O)c1cccc(C(=O)O)c1. The maximum atomic E-state index is 12.5. The number of hydrogen-bond acceptors (Lipinski definition) is 3. The van der Waals surface area contributed by atoms with Crippen molar-refractivity contribution < 1.29 is 18.3 Å². The van der Waals surface area contributed by atoms with Crippen LogP contribution in [-0.2, 0) is 10.0 Å². The number of nitrogens with zero attached hydrogens (tertiary/aromatic N) is 1. The van der Waals surface area contributed by atoms with E-state index in [0.29, 0.717) is 0 Å². The summed E-state index contributed by atoms with van der Waals surface area (Å²) < 4.78 is 26.5. The van der Waals surface area contributed by atoms with Crippen LogP contribution < -0.4 is 0 Å². The zero-order valence-electron chi connectivity index (χ0n) is 11.4. The molecular weight excluding hydrogens is 278 g/mol. The summed E-state index contributed by atoms with van der Waals surface area (Å²) in [5.74, 6) is -1.12. The van der Waals surface area contributed by atoms with E-state index in [-0.39, 0.29) is 16.5 Å². The van der Waals surface area contributed by atoms with E-state index in [9.17, 15) is 13.2 Å². The quantitative estimate of drug-likeness (QED) is 0.925. The Balaban J connectivity index is 2.29. The van der Waals surface area contributed by atoms with Crippen LogP contribution in [0.4, 0.5) is 0 Å². The maximum absolute atomic E-state index is 12.5. The molecule has 0 radical (unpaired) electrons. The van der Waals surface area contributed by atoms with Gasteiger partial charge in [-0.25, -0.2) is 13.2 Å². The molecule has 0 amide bonds. The first-order chi connectivity index (χ1) is 9.43. The molecule has 1 N–H and O–H groups in total. The number of sulfonamides is 1. The fourth-order valence-electron chi connectivity index (χ4n) is 2.60. The minimum absolute atomic E-state index is 0.0110. The van der Waals surface area contributed by atoms with Crippen molar-refractivity contribution in [2.75, 3.05) is 7.05 Å². The van der Waals surface area contributed by atoms with E-state index in [1.807, 2.05) is 0 Å². The second-order valence-corrected chi connectivity index (χ2v) is 7.14. The Bertz CT molecular complexity index is 591. The van der Waals surface area contributed by atoms with Crippen LogP contribution in [0.1, 0.15) is 42.5 Å². The van der Waals surface area contributed by atoms with Crippen molar-refractivity contribution >= 4 is 16.0 Å².